The molecule has 8 nitrogen and oxygen atoms in total. The number of likely N-dealkylation sites (N-methyl/N-ethyl adjacent to an activating group) is 1. The van der Waals surface area contributed by atoms with Crippen LogP contribution in [0.25, 0.3) is 0 Å². The molecule has 1 aromatic heterocycles. The lowest BCUT2D eigenvalue weighted by Gasteiger charge is -2.31. The van der Waals surface area contributed by atoms with E-state index < -0.39 is 11.9 Å². The fourth-order valence-electron chi connectivity index (χ4n) is 3.85. The van der Waals surface area contributed by atoms with E-state index in [9.17, 15) is 18.8 Å². The summed E-state index contributed by atoms with van der Waals surface area (Å²) in [7, 11) is 0. The van der Waals surface area contributed by atoms with Gasteiger partial charge in [-0.3, -0.25) is 19.3 Å². The standard InChI is InChI=1S/C24H30ClFN4O4S/c1-4-29(13-15(2)3)19(12-27-24(33)20-7-8-21(25)35-20)23(32)28-16-5-6-18(17(26)11-16)30-9-10-34-14-22(30)31/h5-8,11,15,19H,4,9-10,12-14H2,1-3H3,(H,27,33)(H,28,32)/t19-/m0/s1. The summed E-state index contributed by atoms with van der Waals surface area (Å²) < 4.78 is 20.4. The van der Waals surface area contributed by atoms with Crippen molar-refractivity contribution in [2.75, 3.05) is 49.6 Å². The average Bonchev–Trinajstić information content (AvgIpc) is 3.25. The quantitative estimate of drug-likeness (QED) is 0.495. The topological polar surface area (TPSA) is 91.0 Å². The summed E-state index contributed by atoms with van der Waals surface area (Å²) in [5, 5.41) is 5.58. The van der Waals surface area contributed by atoms with Crippen LogP contribution in [0.2, 0.25) is 4.34 Å². The molecular formula is C24H30ClFN4O4S. The summed E-state index contributed by atoms with van der Waals surface area (Å²) in [6.45, 7) is 7.84. The second-order valence-electron chi connectivity index (χ2n) is 8.56. The molecule has 0 radical (unpaired) electrons. The lowest BCUT2D eigenvalue weighted by molar-refractivity contribution is -0.125. The zero-order valence-corrected chi connectivity index (χ0v) is 21.5. The highest BCUT2D eigenvalue weighted by atomic mass is 35.5. The molecule has 3 rings (SSSR count). The monoisotopic (exact) mass is 524 g/mol. The summed E-state index contributed by atoms with van der Waals surface area (Å²) in [5.74, 6) is -1.33. The first-order valence-electron chi connectivity index (χ1n) is 11.5. The molecule has 0 aliphatic carbocycles. The third-order valence-corrected chi connectivity index (χ3v) is 6.72. The molecular weight excluding hydrogens is 495 g/mol. The highest BCUT2D eigenvalue weighted by Crippen LogP contribution is 2.25. The van der Waals surface area contributed by atoms with Crippen LogP contribution in [0.1, 0.15) is 30.4 Å². The molecule has 2 heterocycles. The molecule has 0 unspecified atom stereocenters. The molecule has 2 N–H and O–H groups in total. The Balaban J connectivity index is 1.74. The minimum Gasteiger partial charge on any atom is -0.370 e. The second kappa shape index (κ2) is 12.4. The predicted molar refractivity (Wildman–Crippen MR) is 136 cm³/mol. The number of ether oxygens (including phenoxy) is 1. The van der Waals surface area contributed by atoms with E-state index in [1.165, 1.54) is 17.0 Å². The number of hydrogen-bond acceptors (Lipinski definition) is 6. The smallest absolute Gasteiger partial charge is 0.261 e. The van der Waals surface area contributed by atoms with Crippen LogP contribution in [0.3, 0.4) is 0 Å². The zero-order chi connectivity index (χ0) is 25.5. The van der Waals surface area contributed by atoms with E-state index in [0.717, 1.165) is 11.3 Å². The van der Waals surface area contributed by atoms with Crippen LogP contribution in [0.5, 0.6) is 0 Å². The molecule has 1 fully saturated rings. The fraction of sp³-hybridized carbons (Fsp3) is 0.458. The number of benzene rings is 1. The Morgan fingerprint density at radius 1 is 1.29 bits per heavy atom. The van der Waals surface area contributed by atoms with Crippen LogP contribution < -0.4 is 15.5 Å². The number of carbonyl (C=O) groups is 3. The molecule has 2 aromatic rings. The molecule has 1 aliphatic rings. The summed E-state index contributed by atoms with van der Waals surface area (Å²) in [6.07, 6.45) is 0. The SMILES string of the molecule is CCN(CC(C)C)[C@@H](CNC(=O)c1ccc(Cl)s1)C(=O)Nc1ccc(N2CCOCC2=O)c(F)c1. The van der Waals surface area contributed by atoms with Gasteiger partial charge < -0.3 is 20.3 Å². The van der Waals surface area contributed by atoms with E-state index in [2.05, 4.69) is 10.6 Å². The molecule has 3 amide bonds. The lowest BCUT2D eigenvalue weighted by Crippen LogP contribution is -2.51. The van der Waals surface area contributed by atoms with Gasteiger partial charge in [0.2, 0.25) is 5.91 Å². The Labute approximate surface area is 213 Å². The van der Waals surface area contributed by atoms with Crippen molar-refractivity contribution in [2.24, 2.45) is 5.92 Å². The zero-order valence-electron chi connectivity index (χ0n) is 20.0. The van der Waals surface area contributed by atoms with Gasteiger partial charge in [-0.1, -0.05) is 32.4 Å². The van der Waals surface area contributed by atoms with Gasteiger partial charge in [0.1, 0.15) is 18.5 Å². The summed E-state index contributed by atoms with van der Waals surface area (Å²) in [6, 6.07) is 6.82. The van der Waals surface area contributed by atoms with Crippen molar-refractivity contribution in [3.63, 3.8) is 0 Å². The van der Waals surface area contributed by atoms with E-state index in [1.54, 1.807) is 18.2 Å². The van der Waals surface area contributed by atoms with E-state index in [1.807, 2.05) is 25.7 Å². The molecule has 0 spiro atoms. The van der Waals surface area contributed by atoms with Crippen molar-refractivity contribution in [3.8, 4) is 0 Å². The molecule has 35 heavy (non-hydrogen) atoms. The van der Waals surface area contributed by atoms with Gasteiger partial charge in [0.25, 0.3) is 11.8 Å². The minimum atomic E-state index is -0.676. The second-order valence-corrected chi connectivity index (χ2v) is 10.3. The average molecular weight is 525 g/mol. The van der Waals surface area contributed by atoms with Crippen molar-refractivity contribution < 1.29 is 23.5 Å². The molecule has 1 atom stereocenters. The van der Waals surface area contributed by atoms with Crippen molar-refractivity contribution in [3.05, 3.63) is 45.4 Å². The molecule has 11 heteroatoms. The van der Waals surface area contributed by atoms with Gasteiger partial charge in [-0.2, -0.15) is 0 Å². The van der Waals surface area contributed by atoms with Crippen molar-refractivity contribution in [1.29, 1.82) is 0 Å². The summed E-state index contributed by atoms with van der Waals surface area (Å²) >= 11 is 7.09. The summed E-state index contributed by atoms with van der Waals surface area (Å²) in [5.41, 5.74) is 0.406. The Morgan fingerprint density at radius 3 is 2.66 bits per heavy atom. The Morgan fingerprint density at radius 2 is 2.06 bits per heavy atom. The van der Waals surface area contributed by atoms with Crippen LogP contribution in [0, 0.1) is 11.7 Å². The maximum Gasteiger partial charge on any atom is 0.261 e. The third-order valence-electron chi connectivity index (χ3n) is 5.49. The molecule has 1 aliphatic heterocycles. The fourth-order valence-corrected chi connectivity index (χ4v) is 4.81. The number of anilines is 2. The Bertz CT molecular complexity index is 1060. The first-order chi connectivity index (χ1) is 16.7. The van der Waals surface area contributed by atoms with Gasteiger partial charge in [0.15, 0.2) is 0 Å². The van der Waals surface area contributed by atoms with Gasteiger partial charge in [0, 0.05) is 25.3 Å². The molecule has 190 valence electrons. The third kappa shape index (κ3) is 7.23. The molecule has 0 bridgehead atoms. The van der Waals surface area contributed by atoms with Gasteiger partial charge >= 0.3 is 0 Å². The maximum absolute atomic E-state index is 14.8. The highest BCUT2D eigenvalue weighted by Gasteiger charge is 2.28. The van der Waals surface area contributed by atoms with E-state index in [0.29, 0.717) is 34.8 Å². The number of nitrogens with one attached hydrogen (secondary N) is 2. The van der Waals surface area contributed by atoms with E-state index >= 15 is 0 Å². The molecule has 0 saturated carbocycles. The largest absolute Gasteiger partial charge is 0.370 e. The number of thiophene rings is 1. The van der Waals surface area contributed by atoms with Crippen LogP contribution in [0.4, 0.5) is 15.8 Å². The summed E-state index contributed by atoms with van der Waals surface area (Å²) in [4.78, 5) is 41.6. The number of rotatable bonds is 10. The Hall–Kier alpha value is -2.53. The Kier molecular flexibility index (Phi) is 9.62. The van der Waals surface area contributed by atoms with Gasteiger partial charge in [-0.25, -0.2) is 4.39 Å². The van der Waals surface area contributed by atoms with E-state index in [4.69, 9.17) is 16.3 Å². The maximum atomic E-state index is 14.8. The first-order valence-corrected chi connectivity index (χ1v) is 12.6. The first kappa shape index (κ1) is 27.1. The number of halogens is 2. The van der Waals surface area contributed by atoms with Crippen LogP contribution in [-0.4, -0.2) is 68.1 Å². The van der Waals surface area contributed by atoms with Gasteiger partial charge in [0.05, 0.1) is 21.5 Å². The van der Waals surface area contributed by atoms with Crippen molar-refractivity contribution in [2.45, 2.75) is 26.8 Å². The number of morpholine rings is 1. The predicted octanol–water partition coefficient (Wildman–Crippen LogP) is 3.62. The number of amides is 3. The lowest BCUT2D eigenvalue weighted by atomic mass is 10.1. The van der Waals surface area contributed by atoms with Crippen molar-refractivity contribution in [1.82, 2.24) is 10.2 Å². The molecule has 1 saturated heterocycles. The van der Waals surface area contributed by atoms with Crippen LogP contribution in [0.15, 0.2) is 30.3 Å². The van der Waals surface area contributed by atoms with Crippen LogP contribution >= 0.6 is 22.9 Å². The minimum absolute atomic E-state index is 0.0730. The van der Waals surface area contributed by atoms with Crippen LogP contribution in [-0.2, 0) is 14.3 Å². The highest BCUT2D eigenvalue weighted by molar-refractivity contribution is 7.18. The van der Waals surface area contributed by atoms with Gasteiger partial charge in [-0.05, 0) is 42.8 Å². The van der Waals surface area contributed by atoms with Gasteiger partial charge in [-0.15, -0.1) is 11.3 Å². The molecule has 1 aromatic carbocycles. The van der Waals surface area contributed by atoms with Crippen molar-refractivity contribution >= 4 is 52.0 Å². The normalized spacial score (nSPS) is 14.9. The number of nitrogens with zero attached hydrogens (tertiary/aromatic N) is 2. The van der Waals surface area contributed by atoms with E-state index in [-0.39, 0.29) is 48.8 Å². The number of hydrogen-bond donors (Lipinski definition) is 2. The number of carbonyl (C=O) groups excluding carboxylic acids is 3.